The normalized spacial score (nSPS) is 23.6. The van der Waals surface area contributed by atoms with E-state index in [2.05, 4.69) is 4.98 Å². The van der Waals surface area contributed by atoms with Crippen LogP contribution in [0.4, 0.5) is 10.1 Å². The highest BCUT2D eigenvalue weighted by Crippen LogP contribution is 2.44. The van der Waals surface area contributed by atoms with E-state index in [0.717, 1.165) is 5.56 Å². The molecule has 3 heterocycles. The van der Waals surface area contributed by atoms with Gasteiger partial charge < -0.3 is 0 Å². The zero-order chi connectivity index (χ0) is 22.8. The third kappa shape index (κ3) is 3.45. The third-order valence-corrected chi connectivity index (χ3v) is 8.73. The fourth-order valence-corrected chi connectivity index (χ4v) is 5.93. The second kappa shape index (κ2) is 7.25. The SMILES string of the molecule is CC(C)S(=O)(=O)N1CCC(F)(c2cncc(N3C(=O)c4ccc(Cl)cc4C3(C)C)c2)C1. The number of sulfonamides is 1. The molecule has 0 saturated carbocycles. The van der Waals surface area contributed by atoms with Crippen molar-refractivity contribution in [2.75, 3.05) is 18.0 Å². The summed E-state index contributed by atoms with van der Waals surface area (Å²) in [7, 11) is -3.55. The number of alkyl halides is 1. The molecule has 1 saturated heterocycles. The number of aromatic nitrogens is 1. The molecule has 0 radical (unpaired) electrons. The molecule has 2 aliphatic rings. The minimum atomic E-state index is -3.55. The first-order valence-corrected chi connectivity index (χ1v) is 12.0. The van der Waals surface area contributed by atoms with Gasteiger partial charge in [-0.05, 0) is 57.5 Å². The number of carbonyl (C=O) groups excluding carboxylic acids is 1. The highest BCUT2D eigenvalue weighted by Gasteiger charge is 2.47. The van der Waals surface area contributed by atoms with Crippen LogP contribution in [0, 0.1) is 0 Å². The molecule has 0 bridgehead atoms. The zero-order valence-corrected chi connectivity index (χ0v) is 19.5. The van der Waals surface area contributed by atoms with Gasteiger partial charge in [0.25, 0.3) is 5.91 Å². The van der Waals surface area contributed by atoms with Gasteiger partial charge >= 0.3 is 0 Å². The van der Waals surface area contributed by atoms with Crippen molar-refractivity contribution < 1.29 is 17.6 Å². The van der Waals surface area contributed by atoms with E-state index in [0.29, 0.717) is 16.3 Å². The molecule has 6 nitrogen and oxygen atoms in total. The predicted octanol–water partition coefficient (Wildman–Crippen LogP) is 4.24. The van der Waals surface area contributed by atoms with Crippen molar-refractivity contribution >= 4 is 33.2 Å². The Labute approximate surface area is 187 Å². The summed E-state index contributed by atoms with van der Waals surface area (Å²) in [6, 6.07) is 6.74. The quantitative estimate of drug-likeness (QED) is 0.677. The maximum atomic E-state index is 15.9. The molecule has 1 amide bonds. The van der Waals surface area contributed by atoms with Crippen LogP contribution in [-0.4, -0.2) is 42.0 Å². The average molecular weight is 466 g/mol. The van der Waals surface area contributed by atoms with E-state index in [9.17, 15) is 13.2 Å². The van der Waals surface area contributed by atoms with E-state index in [4.69, 9.17) is 11.6 Å². The van der Waals surface area contributed by atoms with Gasteiger partial charge in [0.2, 0.25) is 10.0 Å². The summed E-state index contributed by atoms with van der Waals surface area (Å²) in [5, 5.41) is -0.0823. The Morgan fingerprint density at radius 3 is 2.58 bits per heavy atom. The molecule has 2 aliphatic heterocycles. The van der Waals surface area contributed by atoms with Crippen LogP contribution in [0.3, 0.4) is 0 Å². The van der Waals surface area contributed by atoms with E-state index in [1.165, 1.54) is 16.7 Å². The van der Waals surface area contributed by atoms with E-state index in [-0.39, 0.29) is 31.0 Å². The number of rotatable bonds is 4. The number of anilines is 1. The maximum Gasteiger partial charge on any atom is 0.259 e. The second-order valence-electron chi connectivity index (χ2n) is 8.96. The number of nitrogens with zero attached hydrogens (tertiary/aromatic N) is 3. The summed E-state index contributed by atoms with van der Waals surface area (Å²) in [6.45, 7) is 6.82. The van der Waals surface area contributed by atoms with Crippen molar-refractivity contribution in [1.82, 2.24) is 9.29 Å². The van der Waals surface area contributed by atoms with Gasteiger partial charge in [0, 0.05) is 35.3 Å². The molecule has 1 aromatic heterocycles. The van der Waals surface area contributed by atoms with Gasteiger partial charge in [-0.15, -0.1) is 0 Å². The van der Waals surface area contributed by atoms with Crippen molar-refractivity contribution in [1.29, 1.82) is 0 Å². The Bertz CT molecular complexity index is 1170. The van der Waals surface area contributed by atoms with Crippen LogP contribution < -0.4 is 4.90 Å². The molecule has 166 valence electrons. The van der Waals surface area contributed by atoms with Crippen molar-refractivity contribution in [2.24, 2.45) is 0 Å². The molecule has 2 aromatic rings. The van der Waals surface area contributed by atoms with Gasteiger partial charge in [0.05, 0.1) is 29.2 Å². The molecule has 0 N–H and O–H groups in total. The Morgan fingerprint density at radius 1 is 1.19 bits per heavy atom. The number of pyridine rings is 1. The first-order chi connectivity index (χ1) is 14.4. The second-order valence-corrected chi connectivity index (χ2v) is 11.9. The van der Waals surface area contributed by atoms with Crippen molar-refractivity contribution in [3.05, 3.63) is 58.4 Å². The molecule has 1 unspecified atom stereocenters. The monoisotopic (exact) mass is 465 g/mol. The third-order valence-electron chi connectivity index (χ3n) is 6.27. The van der Waals surface area contributed by atoms with E-state index >= 15 is 4.39 Å². The summed E-state index contributed by atoms with van der Waals surface area (Å²) in [4.78, 5) is 19.0. The Balaban J connectivity index is 1.70. The minimum absolute atomic E-state index is 0.0389. The lowest BCUT2D eigenvalue weighted by Crippen LogP contribution is -2.39. The van der Waals surface area contributed by atoms with E-state index in [1.807, 2.05) is 13.8 Å². The van der Waals surface area contributed by atoms with Crippen molar-refractivity contribution in [3.63, 3.8) is 0 Å². The highest BCUT2D eigenvalue weighted by molar-refractivity contribution is 7.89. The number of fused-ring (bicyclic) bond motifs is 1. The number of benzene rings is 1. The van der Waals surface area contributed by atoms with Crippen molar-refractivity contribution in [2.45, 2.75) is 50.6 Å². The summed E-state index contributed by atoms with van der Waals surface area (Å²) in [5.74, 6) is -0.209. The molecule has 1 fully saturated rings. The molecule has 0 spiro atoms. The van der Waals surface area contributed by atoms with Gasteiger partial charge in [-0.25, -0.2) is 12.8 Å². The predicted molar refractivity (Wildman–Crippen MR) is 119 cm³/mol. The summed E-state index contributed by atoms with van der Waals surface area (Å²) in [6.07, 6.45) is 2.97. The smallest absolute Gasteiger partial charge is 0.259 e. The molecule has 1 atom stereocenters. The van der Waals surface area contributed by atoms with Crippen LogP contribution in [0.5, 0.6) is 0 Å². The molecular weight excluding hydrogens is 441 g/mol. The number of carbonyl (C=O) groups is 1. The fourth-order valence-electron chi connectivity index (χ4n) is 4.43. The minimum Gasteiger partial charge on any atom is -0.297 e. The van der Waals surface area contributed by atoms with Crippen LogP contribution in [0.15, 0.2) is 36.7 Å². The summed E-state index contributed by atoms with van der Waals surface area (Å²) < 4.78 is 42.1. The lowest BCUT2D eigenvalue weighted by molar-refractivity contribution is 0.0981. The summed E-state index contributed by atoms with van der Waals surface area (Å²) in [5.41, 5.74) is -0.506. The fraction of sp³-hybridized carbons (Fsp3) is 0.455. The van der Waals surface area contributed by atoms with Crippen LogP contribution in [-0.2, 0) is 21.2 Å². The van der Waals surface area contributed by atoms with Gasteiger partial charge in [-0.2, -0.15) is 4.31 Å². The highest BCUT2D eigenvalue weighted by atomic mass is 35.5. The van der Waals surface area contributed by atoms with Crippen LogP contribution in [0.2, 0.25) is 5.02 Å². The Hall–Kier alpha value is -2.03. The number of hydrogen-bond donors (Lipinski definition) is 0. The number of amides is 1. The van der Waals surface area contributed by atoms with Crippen LogP contribution in [0.1, 0.15) is 55.6 Å². The van der Waals surface area contributed by atoms with E-state index in [1.54, 1.807) is 43.0 Å². The standard InChI is InChI=1S/C22H25ClFN3O3S/c1-14(2)31(29,30)26-8-7-22(24,13-26)15-9-17(12-25-11-15)27-20(28)18-6-5-16(23)10-19(18)21(27,3)4/h5-6,9-12,14H,7-8,13H2,1-4H3. The molecule has 31 heavy (non-hydrogen) atoms. The first-order valence-electron chi connectivity index (χ1n) is 10.2. The average Bonchev–Trinajstić information content (AvgIpc) is 3.19. The topological polar surface area (TPSA) is 70.6 Å². The number of hydrogen-bond acceptors (Lipinski definition) is 4. The molecule has 0 aliphatic carbocycles. The maximum absolute atomic E-state index is 15.9. The summed E-state index contributed by atoms with van der Waals surface area (Å²) >= 11 is 6.15. The molecular formula is C22H25ClFN3O3S. The van der Waals surface area contributed by atoms with Crippen LogP contribution in [0.25, 0.3) is 0 Å². The Kier molecular flexibility index (Phi) is 5.19. The van der Waals surface area contributed by atoms with E-state index < -0.39 is 26.5 Å². The largest absolute Gasteiger partial charge is 0.297 e. The van der Waals surface area contributed by atoms with Gasteiger partial charge in [-0.1, -0.05) is 11.6 Å². The lowest BCUT2D eigenvalue weighted by atomic mass is 9.93. The van der Waals surface area contributed by atoms with Gasteiger partial charge in [-0.3, -0.25) is 14.7 Å². The zero-order valence-electron chi connectivity index (χ0n) is 17.9. The lowest BCUT2D eigenvalue weighted by Gasteiger charge is -2.33. The number of halogens is 2. The van der Waals surface area contributed by atoms with Gasteiger partial charge in [0.1, 0.15) is 0 Å². The molecule has 4 rings (SSSR count). The first kappa shape index (κ1) is 22.2. The Morgan fingerprint density at radius 2 is 1.90 bits per heavy atom. The van der Waals surface area contributed by atoms with Gasteiger partial charge in [0.15, 0.2) is 5.67 Å². The van der Waals surface area contributed by atoms with Crippen LogP contribution >= 0.6 is 11.6 Å². The van der Waals surface area contributed by atoms with Crippen molar-refractivity contribution in [3.8, 4) is 0 Å². The molecule has 1 aromatic carbocycles. The molecule has 9 heteroatoms.